The van der Waals surface area contributed by atoms with Gasteiger partial charge in [0.2, 0.25) is 0 Å². The lowest BCUT2D eigenvalue weighted by Crippen LogP contribution is -2.49. The molecule has 6 heterocycles. The number of fused-ring (bicyclic) bond motifs is 2. The first-order chi connectivity index (χ1) is 20.2. The number of rotatable bonds is 6. The van der Waals surface area contributed by atoms with Crippen LogP contribution in [-0.2, 0) is 6.42 Å². The summed E-state index contributed by atoms with van der Waals surface area (Å²) in [4.78, 5) is 30.2. The number of nitrogens with one attached hydrogen (secondary N) is 1. The van der Waals surface area contributed by atoms with E-state index in [1.807, 2.05) is 24.4 Å². The number of nitrogens with zero attached hydrogens (tertiary/aromatic N) is 7. The van der Waals surface area contributed by atoms with Gasteiger partial charge in [-0.15, -0.1) is 16.4 Å². The van der Waals surface area contributed by atoms with E-state index in [1.54, 1.807) is 53.0 Å². The molecule has 1 aliphatic heterocycles. The van der Waals surface area contributed by atoms with Crippen LogP contribution in [0.2, 0.25) is 0 Å². The molecule has 1 aliphatic rings. The fourth-order valence-corrected chi connectivity index (χ4v) is 6.44. The molecule has 0 bridgehead atoms. The van der Waals surface area contributed by atoms with Crippen LogP contribution in [0.25, 0.3) is 26.9 Å². The number of carbonyl (C=O) groups is 1. The highest BCUT2D eigenvalue weighted by molar-refractivity contribution is 7.19. The van der Waals surface area contributed by atoms with E-state index in [-0.39, 0.29) is 11.6 Å². The normalized spacial score (nSPS) is 15.4. The Morgan fingerprint density at radius 1 is 1.10 bits per heavy atom. The van der Waals surface area contributed by atoms with Crippen molar-refractivity contribution in [2.24, 2.45) is 0 Å². The second kappa shape index (κ2) is 10.8. The fourth-order valence-electron chi connectivity index (χ4n) is 5.35. The monoisotopic (exact) mass is 564 g/mol. The van der Waals surface area contributed by atoms with E-state index in [4.69, 9.17) is 0 Å². The quantitative estimate of drug-likeness (QED) is 0.306. The lowest BCUT2D eigenvalue weighted by molar-refractivity contribution is 0.0968. The van der Waals surface area contributed by atoms with Gasteiger partial charge in [-0.25, -0.2) is 14.4 Å². The molecule has 0 radical (unpaired) electrons. The lowest BCUT2D eigenvalue weighted by Gasteiger charge is -2.34. The maximum Gasteiger partial charge on any atom is 0.262 e. The molecular formula is C30H25FN8OS. The Kier molecular flexibility index (Phi) is 6.65. The Balaban J connectivity index is 1.27. The third kappa shape index (κ3) is 4.83. The number of amides is 1. The van der Waals surface area contributed by atoms with Crippen LogP contribution in [0.1, 0.15) is 33.6 Å². The number of carbonyl (C=O) groups excluding carboxylic acids is 1. The molecule has 5 aromatic heterocycles. The summed E-state index contributed by atoms with van der Waals surface area (Å²) < 4.78 is 18.2. The Morgan fingerprint density at radius 3 is 2.85 bits per heavy atom. The molecule has 0 aliphatic carbocycles. The average Bonchev–Trinajstić information content (AvgIpc) is 3.63. The molecule has 7 rings (SSSR count). The van der Waals surface area contributed by atoms with E-state index in [9.17, 15) is 4.79 Å². The largest absolute Gasteiger partial charge is 0.315 e. The fraction of sp³-hybridized carbons (Fsp3) is 0.200. The van der Waals surface area contributed by atoms with Crippen LogP contribution in [0.5, 0.6) is 0 Å². The maximum atomic E-state index is 15.7. The Hall–Kier alpha value is -4.61. The molecule has 204 valence electrons. The van der Waals surface area contributed by atoms with E-state index in [2.05, 4.69) is 36.6 Å². The van der Waals surface area contributed by atoms with Gasteiger partial charge in [0.25, 0.3) is 5.91 Å². The zero-order valence-corrected chi connectivity index (χ0v) is 22.8. The number of thiophene rings is 1. The minimum absolute atomic E-state index is 0.0266. The average molecular weight is 565 g/mol. The van der Waals surface area contributed by atoms with Crippen LogP contribution in [0.4, 0.5) is 10.2 Å². The Bertz CT molecular complexity index is 1870. The number of halogens is 1. The van der Waals surface area contributed by atoms with Gasteiger partial charge >= 0.3 is 0 Å². The predicted molar refractivity (Wildman–Crippen MR) is 156 cm³/mol. The van der Waals surface area contributed by atoms with Crippen molar-refractivity contribution in [3.05, 3.63) is 101 Å². The number of piperidine rings is 1. The van der Waals surface area contributed by atoms with Gasteiger partial charge in [-0.1, -0.05) is 11.3 Å². The van der Waals surface area contributed by atoms with Crippen molar-refractivity contribution in [1.29, 1.82) is 0 Å². The summed E-state index contributed by atoms with van der Waals surface area (Å²) in [6, 6.07) is 15.9. The molecule has 1 amide bonds. The number of hydrogen-bond acceptors (Lipinski definition) is 8. The minimum Gasteiger partial charge on any atom is -0.315 e. The van der Waals surface area contributed by atoms with Gasteiger partial charge < -0.3 is 5.32 Å². The second-order valence-electron chi connectivity index (χ2n) is 9.98. The highest BCUT2D eigenvalue weighted by atomic mass is 32.1. The van der Waals surface area contributed by atoms with Gasteiger partial charge in [0.05, 0.1) is 17.3 Å². The van der Waals surface area contributed by atoms with Gasteiger partial charge in [-0.05, 0) is 67.4 Å². The third-order valence-electron chi connectivity index (χ3n) is 7.30. The first kappa shape index (κ1) is 25.4. The molecule has 1 fully saturated rings. The van der Waals surface area contributed by atoms with Crippen molar-refractivity contribution < 1.29 is 9.18 Å². The zero-order chi connectivity index (χ0) is 27.8. The maximum absolute atomic E-state index is 15.7. The van der Waals surface area contributed by atoms with Crippen molar-refractivity contribution >= 4 is 44.3 Å². The summed E-state index contributed by atoms with van der Waals surface area (Å²) >= 11 is 1.67. The molecule has 0 spiro atoms. The van der Waals surface area contributed by atoms with E-state index in [0.29, 0.717) is 29.2 Å². The van der Waals surface area contributed by atoms with E-state index >= 15 is 4.39 Å². The first-order valence-corrected chi connectivity index (χ1v) is 14.2. The van der Waals surface area contributed by atoms with Crippen LogP contribution in [0.15, 0.2) is 79.4 Å². The minimum atomic E-state index is -0.643. The Labute approximate surface area is 238 Å². The van der Waals surface area contributed by atoms with Crippen LogP contribution in [0, 0.1) is 5.82 Å². The van der Waals surface area contributed by atoms with E-state index < -0.39 is 11.7 Å². The van der Waals surface area contributed by atoms with Gasteiger partial charge in [0.15, 0.2) is 5.65 Å². The molecule has 9 nitrogen and oxygen atoms in total. The summed E-state index contributed by atoms with van der Waals surface area (Å²) in [5.74, 6) is -0.523. The zero-order valence-electron chi connectivity index (χ0n) is 21.9. The molecule has 1 saturated heterocycles. The van der Waals surface area contributed by atoms with E-state index in [0.717, 1.165) is 46.3 Å². The summed E-state index contributed by atoms with van der Waals surface area (Å²) in [6.07, 6.45) is 9.40. The lowest BCUT2D eigenvalue weighted by atomic mass is 10.0. The summed E-state index contributed by atoms with van der Waals surface area (Å²) in [7, 11) is 0. The van der Waals surface area contributed by atoms with Crippen molar-refractivity contribution in [2.45, 2.75) is 25.3 Å². The van der Waals surface area contributed by atoms with E-state index in [1.165, 1.54) is 16.8 Å². The summed E-state index contributed by atoms with van der Waals surface area (Å²) in [5, 5.41) is 12.5. The second-order valence-corrected chi connectivity index (χ2v) is 11.2. The van der Waals surface area contributed by atoms with Crippen LogP contribution < -0.4 is 10.2 Å². The summed E-state index contributed by atoms with van der Waals surface area (Å²) in [6.45, 7) is 1.49. The third-order valence-corrected chi connectivity index (χ3v) is 8.40. The molecule has 0 saturated carbocycles. The van der Waals surface area contributed by atoms with Gasteiger partial charge in [-0.3, -0.25) is 14.7 Å². The van der Waals surface area contributed by atoms with Crippen LogP contribution in [0.3, 0.4) is 0 Å². The molecule has 1 atom stereocenters. The SMILES string of the molecule is O=C(c1ccc(-n2nnc3cccnc32)cc1F)N(c1nccc2sc(Cc3cccnc3)cc12)[C@@H]1CCCNC1. The molecular weight excluding hydrogens is 539 g/mol. The number of benzene rings is 1. The topological polar surface area (TPSA) is 102 Å². The molecule has 41 heavy (non-hydrogen) atoms. The molecule has 6 aromatic rings. The number of aromatic nitrogens is 6. The standard InChI is InChI=1S/C30H25FN8OS/c31-25-15-20(39-29-26(36-37-39)6-3-12-34-29)7-8-23(25)30(40)38(21-5-2-11-33-18-21)28-24-16-22(41-27(24)9-13-35-28)14-19-4-1-10-32-17-19/h1,3-4,6-10,12-13,15-17,21,33H,2,5,11,14,18H2/t21-/m1/s1. The van der Waals surface area contributed by atoms with Crippen molar-refractivity contribution in [2.75, 3.05) is 18.0 Å². The van der Waals surface area contributed by atoms with Gasteiger partial charge in [-0.2, -0.15) is 4.68 Å². The van der Waals surface area contributed by atoms with Crippen molar-refractivity contribution in [1.82, 2.24) is 35.3 Å². The molecule has 1 N–H and O–H groups in total. The molecule has 1 aromatic carbocycles. The first-order valence-electron chi connectivity index (χ1n) is 13.4. The highest BCUT2D eigenvalue weighted by Crippen LogP contribution is 2.35. The highest BCUT2D eigenvalue weighted by Gasteiger charge is 2.32. The number of pyridine rings is 3. The Morgan fingerprint density at radius 2 is 2.02 bits per heavy atom. The van der Waals surface area contributed by atoms with Crippen molar-refractivity contribution in [3.8, 4) is 5.69 Å². The van der Waals surface area contributed by atoms with Crippen molar-refractivity contribution in [3.63, 3.8) is 0 Å². The van der Waals surface area contributed by atoms with Crippen LogP contribution >= 0.6 is 11.3 Å². The molecule has 11 heteroatoms. The van der Waals surface area contributed by atoms with Gasteiger partial charge in [0.1, 0.15) is 17.2 Å². The smallest absolute Gasteiger partial charge is 0.262 e. The number of hydrogen-bond donors (Lipinski definition) is 1. The number of anilines is 1. The molecule has 0 unspecified atom stereocenters. The summed E-state index contributed by atoms with van der Waals surface area (Å²) in [5.41, 5.74) is 2.62. The van der Waals surface area contributed by atoms with Crippen LogP contribution in [-0.4, -0.2) is 55.0 Å². The van der Waals surface area contributed by atoms with Gasteiger partial charge in [0, 0.05) is 58.8 Å². The predicted octanol–water partition coefficient (Wildman–Crippen LogP) is 4.95.